The number of carbonyl (C=O) groups excluding carboxylic acids is 2. The zero-order valence-corrected chi connectivity index (χ0v) is 14.7. The van der Waals surface area contributed by atoms with Gasteiger partial charge in [-0.25, -0.2) is 4.79 Å². The number of hydrogen-bond donors (Lipinski definition) is 1. The number of aryl methyl sites for hydroxylation is 1. The SMILES string of the molecule is Cc1occc1C(=O)N1CCC2(CCC(=O)N([C@@H](C)C(=O)O)C2)CC1. The largest absolute Gasteiger partial charge is 0.480 e. The molecule has 0 aliphatic carbocycles. The first-order valence-corrected chi connectivity index (χ1v) is 8.69. The van der Waals surface area contributed by atoms with E-state index < -0.39 is 12.0 Å². The van der Waals surface area contributed by atoms with Gasteiger partial charge < -0.3 is 19.3 Å². The zero-order valence-electron chi connectivity index (χ0n) is 14.7. The molecule has 0 saturated carbocycles. The van der Waals surface area contributed by atoms with Crippen LogP contribution in [0.2, 0.25) is 0 Å². The van der Waals surface area contributed by atoms with Crippen LogP contribution in [0.15, 0.2) is 16.7 Å². The maximum atomic E-state index is 12.6. The molecule has 0 aromatic carbocycles. The van der Waals surface area contributed by atoms with Crippen molar-refractivity contribution in [1.29, 1.82) is 0 Å². The molecule has 1 N–H and O–H groups in total. The molecular formula is C18H24N2O5. The maximum Gasteiger partial charge on any atom is 0.326 e. The van der Waals surface area contributed by atoms with E-state index in [4.69, 9.17) is 4.42 Å². The minimum atomic E-state index is -0.978. The van der Waals surface area contributed by atoms with Crippen molar-refractivity contribution in [1.82, 2.24) is 9.80 Å². The number of carboxylic acid groups (broad SMARTS) is 1. The molecule has 0 unspecified atom stereocenters. The number of rotatable bonds is 3. The average molecular weight is 348 g/mol. The molecule has 1 aromatic rings. The monoisotopic (exact) mass is 348 g/mol. The van der Waals surface area contributed by atoms with Crippen molar-refractivity contribution in [2.45, 2.75) is 45.6 Å². The molecule has 1 spiro atoms. The van der Waals surface area contributed by atoms with E-state index in [1.165, 1.54) is 11.2 Å². The molecule has 25 heavy (non-hydrogen) atoms. The van der Waals surface area contributed by atoms with Gasteiger partial charge >= 0.3 is 5.97 Å². The quantitative estimate of drug-likeness (QED) is 0.901. The smallest absolute Gasteiger partial charge is 0.326 e. The number of nitrogens with zero attached hydrogens (tertiary/aromatic N) is 2. The van der Waals surface area contributed by atoms with Crippen LogP contribution in [0, 0.1) is 12.3 Å². The fourth-order valence-corrected chi connectivity index (χ4v) is 3.90. The van der Waals surface area contributed by atoms with Crippen LogP contribution in [0.3, 0.4) is 0 Å². The van der Waals surface area contributed by atoms with E-state index in [9.17, 15) is 19.5 Å². The minimum Gasteiger partial charge on any atom is -0.480 e. The Morgan fingerprint density at radius 1 is 1.28 bits per heavy atom. The standard InChI is InChI=1S/C18H24N2O5/c1-12(17(23)24)20-11-18(5-3-15(20)21)6-8-19(9-7-18)16(22)14-4-10-25-13(14)2/h4,10,12H,3,5-9,11H2,1-2H3,(H,23,24)/t12-/m0/s1. The lowest BCUT2D eigenvalue weighted by Gasteiger charge is -2.48. The summed E-state index contributed by atoms with van der Waals surface area (Å²) in [5.41, 5.74) is 0.510. The fourth-order valence-electron chi connectivity index (χ4n) is 3.90. The van der Waals surface area contributed by atoms with Crippen LogP contribution in [0.4, 0.5) is 0 Å². The van der Waals surface area contributed by atoms with Gasteiger partial charge in [-0.1, -0.05) is 0 Å². The highest BCUT2D eigenvalue weighted by Gasteiger charge is 2.44. The van der Waals surface area contributed by atoms with Crippen molar-refractivity contribution in [2.24, 2.45) is 5.41 Å². The minimum absolute atomic E-state index is 0.0243. The molecule has 1 aromatic heterocycles. The molecular weight excluding hydrogens is 324 g/mol. The van der Waals surface area contributed by atoms with Crippen molar-refractivity contribution >= 4 is 17.8 Å². The van der Waals surface area contributed by atoms with Crippen LogP contribution in [0.5, 0.6) is 0 Å². The zero-order chi connectivity index (χ0) is 18.2. The molecule has 2 amide bonds. The van der Waals surface area contributed by atoms with Gasteiger partial charge in [-0.15, -0.1) is 0 Å². The van der Waals surface area contributed by atoms with Crippen LogP contribution in [-0.2, 0) is 9.59 Å². The first-order valence-electron chi connectivity index (χ1n) is 8.69. The Morgan fingerprint density at radius 2 is 1.96 bits per heavy atom. The van der Waals surface area contributed by atoms with E-state index >= 15 is 0 Å². The summed E-state index contributed by atoms with van der Waals surface area (Å²) in [6.07, 6.45) is 4.23. The molecule has 3 rings (SSSR count). The van der Waals surface area contributed by atoms with E-state index in [1.807, 2.05) is 4.90 Å². The fraction of sp³-hybridized carbons (Fsp3) is 0.611. The molecule has 7 heteroatoms. The molecule has 7 nitrogen and oxygen atoms in total. The molecule has 3 heterocycles. The number of hydrogen-bond acceptors (Lipinski definition) is 4. The molecule has 0 bridgehead atoms. The summed E-state index contributed by atoms with van der Waals surface area (Å²) in [6, 6.07) is 0.885. The van der Waals surface area contributed by atoms with Crippen LogP contribution in [0.25, 0.3) is 0 Å². The van der Waals surface area contributed by atoms with Gasteiger partial charge in [0.05, 0.1) is 11.8 Å². The first-order chi connectivity index (χ1) is 11.8. The van der Waals surface area contributed by atoms with Crippen molar-refractivity contribution in [3.05, 3.63) is 23.7 Å². The highest BCUT2D eigenvalue weighted by Crippen LogP contribution is 2.41. The molecule has 2 aliphatic heterocycles. The van der Waals surface area contributed by atoms with Gasteiger partial charge in [0.25, 0.3) is 5.91 Å². The van der Waals surface area contributed by atoms with Gasteiger partial charge in [-0.2, -0.15) is 0 Å². The lowest BCUT2D eigenvalue weighted by Crippen LogP contribution is -2.55. The second-order valence-corrected chi connectivity index (χ2v) is 7.22. The van der Waals surface area contributed by atoms with E-state index in [-0.39, 0.29) is 17.2 Å². The summed E-state index contributed by atoms with van der Waals surface area (Å²) in [5, 5.41) is 9.23. The van der Waals surface area contributed by atoms with E-state index in [0.717, 1.165) is 19.3 Å². The van der Waals surface area contributed by atoms with E-state index in [0.29, 0.717) is 37.4 Å². The van der Waals surface area contributed by atoms with Crippen molar-refractivity contribution < 1.29 is 23.9 Å². The average Bonchev–Trinajstić information content (AvgIpc) is 3.02. The summed E-state index contributed by atoms with van der Waals surface area (Å²) in [4.78, 5) is 39.3. The second-order valence-electron chi connectivity index (χ2n) is 7.22. The lowest BCUT2D eigenvalue weighted by atomic mass is 9.72. The Balaban J connectivity index is 1.66. The molecule has 2 saturated heterocycles. The number of piperidine rings is 2. The Bertz CT molecular complexity index is 687. The summed E-state index contributed by atoms with van der Waals surface area (Å²) in [6.45, 7) is 5.03. The Kier molecular flexibility index (Phi) is 4.58. The molecule has 0 radical (unpaired) electrons. The predicted molar refractivity (Wildman–Crippen MR) is 89.1 cm³/mol. The first kappa shape index (κ1) is 17.5. The highest BCUT2D eigenvalue weighted by atomic mass is 16.4. The maximum absolute atomic E-state index is 12.6. The highest BCUT2D eigenvalue weighted by molar-refractivity contribution is 5.95. The van der Waals surface area contributed by atoms with Crippen LogP contribution in [0.1, 0.15) is 48.7 Å². The number of carboxylic acids is 1. The second kappa shape index (κ2) is 6.54. The van der Waals surface area contributed by atoms with Crippen LogP contribution in [-0.4, -0.2) is 58.4 Å². The molecule has 2 aliphatic rings. The van der Waals surface area contributed by atoms with Crippen molar-refractivity contribution in [3.8, 4) is 0 Å². The number of carbonyl (C=O) groups is 3. The molecule has 1 atom stereocenters. The molecule has 2 fully saturated rings. The van der Waals surface area contributed by atoms with Crippen LogP contribution < -0.4 is 0 Å². The Labute approximate surface area is 146 Å². The summed E-state index contributed by atoms with van der Waals surface area (Å²) in [7, 11) is 0. The third kappa shape index (κ3) is 3.27. The van der Waals surface area contributed by atoms with Gasteiger partial charge in [0.2, 0.25) is 5.91 Å². The summed E-state index contributed by atoms with van der Waals surface area (Å²) < 4.78 is 5.21. The van der Waals surface area contributed by atoms with E-state index in [1.54, 1.807) is 19.9 Å². The number of likely N-dealkylation sites (tertiary alicyclic amines) is 2. The van der Waals surface area contributed by atoms with Crippen molar-refractivity contribution in [2.75, 3.05) is 19.6 Å². The predicted octanol–water partition coefficient (Wildman–Crippen LogP) is 1.91. The molecule has 136 valence electrons. The Morgan fingerprint density at radius 3 is 2.52 bits per heavy atom. The topological polar surface area (TPSA) is 91.1 Å². The third-order valence-corrected chi connectivity index (χ3v) is 5.72. The summed E-state index contributed by atoms with van der Waals surface area (Å²) >= 11 is 0. The van der Waals surface area contributed by atoms with Gasteiger partial charge in [-0.3, -0.25) is 9.59 Å². The number of aliphatic carboxylic acids is 1. The van der Waals surface area contributed by atoms with Gasteiger partial charge in [0.1, 0.15) is 11.8 Å². The van der Waals surface area contributed by atoms with Gasteiger partial charge in [0.15, 0.2) is 0 Å². The van der Waals surface area contributed by atoms with Gasteiger partial charge in [-0.05, 0) is 44.6 Å². The Hall–Kier alpha value is -2.31. The van der Waals surface area contributed by atoms with Gasteiger partial charge in [0, 0.05) is 26.1 Å². The van der Waals surface area contributed by atoms with Crippen LogP contribution >= 0.6 is 0 Å². The van der Waals surface area contributed by atoms with E-state index in [2.05, 4.69) is 0 Å². The van der Waals surface area contributed by atoms with Crippen molar-refractivity contribution in [3.63, 3.8) is 0 Å². The number of furan rings is 1. The normalized spacial score (nSPS) is 21.4. The number of amides is 2. The summed E-state index contributed by atoms with van der Waals surface area (Å²) in [5.74, 6) is -0.472. The lowest BCUT2D eigenvalue weighted by molar-refractivity contribution is -0.154. The third-order valence-electron chi connectivity index (χ3n) is 5.72.